The Morgan fingerprint density at radius 1 is 0.893 bits per heavy atom. The van der Waals surface area contributed by atoms with Gasteiger partial charge >= 0.3 is 5.97 Å². The minimum Gasteiger partial charge on any atom is -0.489 e. The molecule has 138 valence electrons. The number of aromatic nitrogens is 3. The number of nitrogens with zero attached hydrogens (tertiary/aromatic N) is 3. The van der Waals surface area contributed by atoms with Crippen molar-refractivity contribution in [3.05, 3.63) is 96.2 Å². The lowest BCUT2D eigenvalue weighted by atomic mass is 10.1. The van der Waals surface area contributed by atoms with Crippen molar-refractivity contribution in [2.75, 3.05) is 0 Å². The SMILES string of the molecule is O=C(O)c1nnn(-c2ccc(OCc3ccccc3)cc2)c1-c1ccccc1. The number of carboxylic acid groups (broad SMARTS) is 1. The number of benzene rings is 3. The molecule has 1 N–H and O–H groups in total. The number of rotatable bonds is 6. The van der Waals surface area contributed by atoms with Crippen LogP contribution in [-0.2, 0) is 6.61 Å². The second kappa shape index (κ2) is 7.75. The molecule has 6 nitrogen and oxygen atoms in total. The highest BCUT2D eigenvalue weighted by Gasteiger charge is 2.21. The Kier molecular flexibility index (Phi) is 4.84. The molecule has 0 amide bonds. The highest BCUT2D eigenvalue weighted by atomic mass is 16.5. The molecule has 1 heterocycles. The van der Waals surface area contributed by atoms with Crippen molar-refractivity contribution in [3.63, 3.8) is 0 Å². The molecule has 6 heteroatoms. The second-order valence-corrected chi connectivity index (χ2v) is 6.14. The van der Waals surface area contributed by atoms with E-state index in [0.29, 0.717) is 23.7 Å². The molecule has 0 unspecified atom stereocenters. The molecule has 0 aliphatic heterocycles. The summed E-state index contributed by atoms with van der Waals surface area (Å²) in [5.41, 5.74) is 2.86. The molecule has 0 aliphatic carbocycles. The fraction of sp³-hybridized carbons (Fsp3) is 0.0455. The van der Waals surface area contributed by atoms with Gasteiger partial charge in [-0.3, -0.25) is 0 Å². The summed E-state index contributed by atoms with van der Waals surface area (Å²) in [5, 5.41) is 17.4. The summed E-state index contributed by atoms with van der Waals surface area (Å²) in [5.74, 6) is -0.402. The molecule has 1 aromatic heterocycles. The van der Waals surface area contributed by atoms with Gasteiger partial charge in [0.15, 0.2) is 5.69 Å². The van der Waals surface area contributed by atoms with Crippen molar-refractivity contribution >= 4 is 5.97 Å². The monoisotopic (exact) mass is 371 g/mol. The Bertz CT molecular complexity index is 1080. The van der Waals surface area contributed by atoms with Crippen molar-refractivity contribution in [3.8, 4) is 22.7 Å². The van der Waals surface area contributed by atoms with Crippen molar-refractivity contribution in [1.29, 1.82) is 0 Å². The zero-order valence-corrected chi connectivity index (χ0v) is 14.9. The third-order valence-electron chi connectivity index (χ3n) is 4.25. The predicted molar refractivity (Wildman–Crippen MR) is 105 cm³/mol. The minimum absolute atomic E-state index is 0.0874. The van der Waals surface area contributed by atoms with Crippen LogP contribution in [0.1, 0.15) is 16.1 Å². The second-order valence-electron chi connectivity index (χ2n) is 6.14. The molecule has 0 fully saturated rings. The number of carbonyl (C=O) groups is 1. The average molecular weight is 371 g/mol. The zero-order valence-electron chi connectivity index (χ0n) is 14.9. The van der Waals surface area contributed by atoms with Crippen LogP contribution < -0.4 is 4.74 Å². The fourth-order valence-electron chi connectivity index (χ4n) is 2.89. The Hall–Kier alpha value is -3.93. The van der Waals surface area contributed by atoms with Gasteiger partial charge < -0.3 is 9.84 Å². The normalized spacial score (nSPS) is 10.6. The maximum atomic E-state index is 11.6. The third kappa shape index (κ3) is 3.61. The Balaban J connectivity index is 1.62. The molecule has 0 saturated carbocycles. The highest BCUT2D eigenvalue weighted by molar-refractivity contribution is 5.93. The zero-order chi connectivity index (χ0) is 19.3. The third-order valence-corrected chi connectivity index (χ3v) is 4.25. The van der Waals surface area contributed by atoms with E-state index in [0.717, 1.165) is 11.1 Å². The van der Waals surface area contributed by atoms with E-state index in [1.807, 2.05) is 84.9 Å². The Labute approximate surface area is 161 Å². The van der Waals surface area contributed by atoms with Gasteiger partial charge in [-0.1, -0.05) is 65.9 Å². The smallest absolute Gasteiger partial charge is 0.358 e. The van der Waals surface area contributed by atoms with Crippen molar-refractivity contribution < 1.29 is 14.6 Å². The molecule has 0 radical (unpaired) electrons. The van der Waals surface area contributed by atoms with E-state index in [4.69, 9.17) is 4.74 Å². The molecule has 0 aliphatic rings. The van der Waals surface area contributed by atoms with E-state index in [1.54, 1.807) is 0 Å². The summed E-state index contributed by atoms with van der Waals surface area (Å²) in [6.45, 7) is 0.474. The lowest BCUT2D eigenvalue weighted by Crippen LogP contribution is -2.03. The van der Waals surface area contributed by atoms with Crippen LogP contribution >= 0.6 is 0 Å². The molecule has 0 bridgehead atoms. The minimum atomic E-state index is -1.12. The molecular weight excluding hydrogens is 354 g/mol. The van der Waals surface area contributed by atoms with Crippen LogP contribution in [-0.4, -0.2) is 26.1 Å². The number of ether oxygens (including phenoxy) is 1. The van der Waals surface area contributed by atoms with E-state index >= 15 is 0 Å². The fourth-order valence-corrected chi connectivity index (χ4v) is 2.89. The maximum absolute atomic E-state index is 11.6. The van der Waals surface area contributed by atoms with E-state index < -0.39 is 5.97 Å². The van der Waals surface area contributed by atoms with E-state index in [1.165, 1.54) is 4.68 Å². The first kappa shape index (κ1) is 17.5. The average Bonchev–Trinajstić information content (AvgIpc) is 3.19. The van der Waals surface area contributed by atoms with Crippen LogP contribution in [0.2, 0.25) is 0 Å². The van der Waals surface area contributed by atoms with Crippen LogP contribution in [0, 0.1) is 0 Å². The number of aromatic carboxylic acids is 1. The van der Waals surface area contributed by atoms with Gasteiger partial charge in [-0.2, -0.15) is 0 Å². The van der Waals surface area contributed by atoms with E-state index in [9.17, 15) is 9.90 Å². The molecular formula is C22H17N3O3. The van der Waals surface area contributed by atoms with Crippen molar-refractivity contribution in [1.82, 2.24) is 15.0 Å². The van der Waals surface area contributed by atoms with Gasteiger partial charge in [0.2, 0.25) is 0 Å². The molecule has 4 aromatic rings. The molecule has 0 atom stereocenters. The standard InChI is InChI=1S/C22H17N3O3/c26-22(27)20-21(17-9-5-2-6-10-17)25(24-23-20)18-11-13-19(14-12-18)28-15-16-7-3-1-4-8-16/h1-14H,15H2,(H,26,27). The predicted octanol–water partition coefficient (Wildman–Crippen LogP) is 4.21. The molecule has 3 aromatic carbocycles. The van der Waals surface area contributed by atoms with Gasteiger partial charge in [-0.25, -0.2) is 9.48 Å². The summed E-state index contributed by atoms with van der Waals surface area (Å²) in [6, 6.07) is 26.4. The number of hydrogen-bond donors (Lipinski definition) is 1. The quantitative estimate of drug-likeness (QED) is 0.549. The first-order chi connectivity index (χ1) is 13.7. The van der Waals surface area contributed by atoms with Gasteiger partial charge in [0.05, 0.1) is 5.69 Å². The maximum Gasteiger partial charge on any atom is 0.358 e. The topological polar surface area (TPSA) is 77.2 Å². The summed E-state index contributed by atoms with van der Waals surface area (Å²) in [7, 11) is 0. The lowest BCUT2D eigenvalue weighted by Gasteiger charge is -2.09. The summed E-state index contributed by atoms with van der Waals surface area (Å²) in [4.78, 5) is 11.6. The molecule has 4 rings (SSSR count). The Morgan fingerprint density at radius 2 is 1.54 bits per heavy atom. The van der Waals surface area contributed by atoms with Crippen LogP contribution in [0.4, 0.5) is 0 Å². The van der Waals surface area contributed by atoms with Gasteiger partial charge in [-0.15, -0.1) is 5.10 Å². The Morgan fingerprint density at radius 3 is 2.18 bits per heavy atom. The number of carboxylic acids is 1. The van der Waals surface area contributed by atoms with Gasteiger partial charge in [-0.05, 0) is 29.8 Å². The first-order valence-corrected chi connectivity index (χ1v) is 8.74. The summed E-state index contributed by atoms with van der Waals surface area (Å²) in [6.07, 6.45) is 0. The van der Waals surface area contributed by atoms with E-state index in [-0.39, 0.29) is 5.69 Å². The molecule has 0 saturated heterocycles. The van der Waals surface area contributed by atoms with E-state index in [2.05, 4.69) is 10.3 Å². The van der Waals surface area contributed by atoms with Crippen molar-refractivity contribution in [2.24, 2.45) is 0 Å². The number of hydrogen-bond acceptors (Lipinski definition) is 4. The van der Waals surface area contributed by atoms with Crippen LogP contribution in [0.25, 0.3) is 16.9 Å². The van der Waals surface area contributed by atoms with Crippen LogP contribution in [0.3, 0.4) is 0 Å². The van der Waals surface area contributed by atoms with Gasteiger partial charge in [0.1, 0.15) is 18.1 Å². The van der Waals surface area contributed by atoms with Crippen molar-refractivity contribution in [2.45, 2.75) is 6.61 Å². The van der Waals surface area contributed by atoms with Gasteiger partial charge in [0, 0.05) is 5.56 Å². The summed E-state index contributed by atoms with van der Waals surface area (Å²) < 4.78 is 7.33. The van der Waals surface area contributed by atoms with Gasteiger partial charge in [0.25, 0.3) is 0 Å². The molecule has 28 heavy (non-hydrogen) atoms. The first-order valence-electron chi connectivity index (χ1n) is 8.74. The summed E-state index contributed by atoms with van der Waals surface area (Å²) >= 11 is 0. The lowest BCUT2D eigenvalue weighted by molar-refractivity contribution is 0.0691. The van der Waals surface area contributed by atoms with Crippen LogP contribution in [0.5, 0.6) is 5.75 Å². The van der Waals surface area contributed by atoms with Crippen LogP contribution in [0.15, 0.2) is 84.9 Å². The molecule has 0 spiro atoms. The largest absolute Gasteiger partial charge is 0.489 e. The highest BCUT2D eigenvalue weighted by Crippen LogP contribution is 2.26.